The second-order valence-corrected chi connectivity index (χ2v) is 4.71. The van der Waals surface area contributed by atoms with Crippen LogP contribution in [0.3, 0.4) is 0 Å². The predicted octanol–water partition coefficient (Wildman–Crippen LogP) is 2.64. The Morgan fingerprint density at radius 2 is 1.90 bits per heavy atom. The average molecular weight is 269 g/mol. The van der Waals surface area contributed by atoms with Crippen LogP contribution in [0.4, 0.5) is 5.69 Å². The zero-order chi connectivity index (χ0) is 14.4. The summed E-state index contributed by atoms with van der Waals surface area (Å²) < 4.78 is 0. The first kappa shape index (κ1) is 14.2. The summed E-state index contributed by atoms with van der Waals surface area (Å²) in [7, 11) is 0. The second kappa shape index (κ2) is 6.82. The highest BCUT2D eigenvalue weighted by molar-refractivity contribution is 5.89. The van der Waals surface area contributed by atoms with E-state index in [0.29, 0.717) is 13.1 Å². The van der Waals surface area contributed by atoms with Gasteiger partial charge in [0.25, 0.3) is 0 Å². The molecule has 104 valence electrons. The Balaban J connectivity index is 1.95. The Kier molecular flexibility index (Phi) is 4.85. The first-order valence-electron chi connectivity index (χ1n) is 6.64. The summed E-state index contributed by atoms with van der Waals surface area (Å²) in [4.78, 5) is 15.6. The van der Waals surface area contributed by atoms with Gasteiger partial charge in [-0.05, 0) is 30.7 Å². The molecule has 0 bridgehead atoms. The first-order chi connectivity index (χ1) is 9.65. The van der Waals surface area contributed by atoms with Crippen LogP contribution in [0, 0.1) is 6.92 Å². The Morgan fingerprint density at radius 1 is 1.10 bits per heavy atom. The van der Waals surface area contributed by atoms with Crippen LogP contribution in [0.25, 0.3) is 0 Å². The molecule has 2 N–H and O–H groups in total. The predicted molar refractivity (Wildman–Crippen MR) is 80.3 cm³/mol. The number of hydrogen-bond acceptors (Lipinski definition) is 3. The van der Waals surface area contributed by atoms with Crippen molar-refractivity contribution in [2.45, 2.75) is 26.9 Å². The maximum atomic E-state index is 11.2. The van der Waals surface area contributed by atoms with E-state index in [1.807, 2.05) is 49.4 Å². The van der Waals surface area contributed by atoms with Crippen LogP contribution >= 0.6 is 0 Å². The van der Waals surface area contributed by atoms with E-state index in [-0.39, 0.29) is 5.91 Å². The number of pyridine rings is 1. The first-order valence-corrected chi connectivity index (χ1v) is 6.64. The molecular formula is C16H19N3O. The third kappa shape index (κ3) is 4.17. The second-order valence-electron chi connectivity index (χ2n) is 4.71. The summed E-state index contributed by atoms with van der Waals surface area (Å²) in [6.45, 7) is 4.89. The van der Waals surface area contributed by atoms with Gasteiger partial charge in [-0.15, -0.1) is 0 Å². The molecule has 1 aromatic heterocycles. The van der Waals surface area contributed by atoms with Gasteiger partial charge in [0.2, 0.25) is 5.91 Å². The van der Waals surface area contributed by atoms with Crippen LogP contribution in [0.1, 0.15) is 23.9 Å². The molecule has 4 nitrogen and oxygen atoms in total. The minimum Gasteiger partial charge on any atom is -0.326 e. The third-order valence-electron chi connectivity index (χ3n) is 2.90. The summed E-state index contributed by atoms with van der Waals surface area (Å²) in [6.07, 6.45) is 0. The van der Waals surface area contributed by atoms with Crippen molar-refractivity contribution in [2.75, 3.05) is 5.32 Å². The van der Waals surface area contributed by atoms with E-state index in [2.05, 4.69) is 15.6 Å². The van der Waals surface area contributed by atoms with Gasteiger partial charge in [-0.3, -0.25) is 9.78 Å². The van der Waals surface area contributed by atoms with E-state index in [9.17, 15) is 4.79 Å². The van der Waals surface area contributed by atoms with Crippen molar-refractivity contribution in [2.24, 2.45) is 0 Å². The van der Waals surface area contributed by atoms with E-state index >= 15 is 0 Å². The number of nitrogens with one attached hydrogen (secondary N) is 2. The molecule has 0 saturated heterocycles. The lowest BCUT2D eigenvalue weighted by Crippen LogP contribution is -2.16. The molecule has 4 heteroatoms. The fourth-order valence-corrected chi connectivity index (χ4v) is 2.01. The van der Waals surface area contributed by atoms with Crippen molar-refractivity contribution in [3.8, 4) is 0 Å². The Labute approximate surface area is 119 Å². The zero-order valence-electron chi connectivity index (χ0n) is 11.8. The minimum atomic E-state index is -0.0576. The van der Waals surface area contributed by atoms with Crippen LogP contribution < -0.4 is 10.6 Å². The van der Waals surface area contributed by atoms with Gasteiger partial charge in [-0.25, -0.2) is 0 Å². The molecule has 0 atom stereocenters. The number of benzene rings is 1. The third-order valence-corrected chi connectivity index (χ3v) is 2.90. The van der Waals surface area contributed by atoms with Crippen LogP contribution in [0.2, 0.25) is 0 Å². The number of carbonyl (C=O) groups excluding carboxylic acids is 1. The van der Waals surface area contributed by atoms with Gasteiger partial charge in [0.1, 0.15) is 0 Å². The maximum Gasteiger partial charge on any atom is 0.221 e. The molecule has 1 heterocycles. The van der Waals surface area contributed by atoms with Crippen LogP contribution in [-0.2, 0) is 17.9 Å². The largest absolute Gasteiger partial charge is 0.326 e. The zero-order valence-corrected chi connectivity index (χ0v) is 11.8. The molecule has 0 radical (unpaired) electrons. The quantitative estimate of drug-likeness (QED) is 0.877. The average Bonchev–Trinajstić information content (AvgIpc) is 2.40. The molecule has 20 heavy (non-hydrogen) atoms. The molecule has 1 amide bonds. The number of aromatic nitrogens is 1. The van der Waals surface area contributed by atoms with Gasteiger partial charge in [-0.1, -0.05) is 24.3 Å². The van der Waals surface area contributed by atoms with Crippen LogP contribution in [-0.4, -0.2) is 10.9 Å². The summed E-state index contributed by atoms with van der Waals surface area (Å²) >= 11 is 0. The molecule has 0 spiro atoms. The molecule has 2 rings (SSSR count). The van der Waals surface area contributed by atoms with Crippen molar-refractivity contribution < 1.29 is 4.79 Å². The molecular weight excluding hydrogens is 250 g/mol. The summed E-state index contributed by atoms with van der Waals surface area (Å²) in [6, 6.07) is 13.8. The molecule has 0 saturated carbocycles. The molecule has 1 aromatic carbocycles. The molecule has 0 unspecified atom stereocenters. The fourth-order valence-electron chi connectivity index (χ4n) is 2.01. The SMILES string of the molecule is CC(=O)Nc1ccccc1CNCc1cccc(C)n1. The minimum absolute atomic E-state index is 0.0576. The highest BCUT2D eigenvalue weighted by Crippen LogP contribution is 2.14. The number of nitrogens with zero attached hydrogens (tertiary/aromatic N) is 1. The monoisotopic (exact) mass is 269 g/mol. The highest BCUT2D eigenvalue weighted by Gasteiger charge is 2.03. The smallest absolute Gasteiger partial charge is 0.221 e. The van der Waals surface area contributed by atoms with Crippen molar-refractivity contribution in [1.82, 2.24) is 10.3 Å². The lowest BCUT2D eigenvalue weighted by atomic mass is 10.1. The standard InChI is InChI=1S/C16H19N3O/c1-12-6-5-8-15(18-12)11-17-10-14-7-3-4-9-16(14)19-13(2)20/h3-9,17H,10-11H2,1-2H3,(H,19,20). The van der Waals surface area contributed by atoms with E-state index in [1.165, 1.54) is 6.92 Å². The van der Waals surface area contributed by atoms with Gasteiger partial charge < -0.3 is 10.6 Å². The van der Waals surface area contributed by atoms with Crippen molar-refractivity contribution in [3.63, 3.8) is 0 Å². The number of carbonyl (C=O) groups is 1. The molecule has 0 aliphatic carbocycles. The van der Waals surface area contributed by atoms with Crippen molar-refractivity contribution in [3.05, 3.63) is 59.4 Å². The summed E-state index contributed by atoms with van der Waals surface area (Å²) in [5, 5.41) is 6.18. The van der Waals surface area contributed by atoms with E-state index in [1.54, 1.807) is 0 Å². The van der Waals surface area contributed by atoms with Gasteiger partial charge in [0.05, 0.1) is 5.69 Å². The molecule has 0 aliphatic rings. The van der Waals surface area contributed by atoms with Crippen molar-refractivity contribution in [1.29, 1.82) is 0 Å². The van der Waals surface area contributed by atoms with E-state index in [4.69, 9.17) is 0 Å². The molecule has 0 aliphatic heterocycles. The lowest BCUT2D eigenvalue weighted by molar-refractivity contribution is -0.114. The number of aryl methyl sites for hydroxylation is 1. The van der Waals surface area contributed by atoms with E-state index < -0.39 is 0 Å². The summed E-state index contributed by atoms with van der Waals surface area (Å²) in [5.41, 5.74) is 3.95. The number of rotatable bonds is 5. The highest BCUT2D eigenvalue weighted by atomic mass is 16.1. The molecule has 2 aromatic rings. The number of anilines is 1. The molecule has 0 fully saturated rings. The van der Waals surface area contributed by atoms with Gasteiger partial charge in [-0.2, -0.15) is 0 Å². The Morgan fingerprint density at radius 3 is 2.65 bits per heavy atom. The fraction of sp³-hybridized carbons (Fsp3) is 0.250. The van der Waals surface area contributed by atoms with Crippen LogP contribution in [0.5, 0.6) is 0 Å². The van der Waals surface area contributed by atoms with Crippen molar-refractivity contribution >= 4 is 11.6 Å². The number of para-hydroxylation sites is 1. The Hall–Kier alpha value is -2.20. The topological polar surface area (TPSA) is 54.0 Å². The lowest BCUT2D eigenvalue weighted by Gasteiger charge is -2.10. The van der Waals surface area contributed by atoms with Crippen LogP contribution in [0.15, 0.2) is 42.5 Å². The van der Waals surface area contributed by atoms with E-state index in [0.717, 1.165) is 22.6 Å². The normalized spacial score (nSPS) is 10.3. The summed E-state index contributed by atoms with van der Waals surface area (Å²) in [5.74, 6) is -0.0576. The number of hydrogen-bond donors (Lipinski definition) is 2. The maximum absolute atomic E-state index is 11.2. The van der Waals surface area contributed by atoms with Gasteiger partial charge >= 0.3 is 0 Å². The van der Waals surface area contributed by atoms with Gasteiger partial charge in [0, 0.05) is 31.4 Å². The Bertz CT molecular complexity index is 596. The van der Waals surface area contributed by atoms with Gasteiger partial charge in [0.15, 0.2) is 0 Å². The number of amides is 1.